The molecule has 7 heteroatoms. The van der Waals surface area contributed by atoms with Crippen molar-refractivity contribution in [3.8, 4) is 0 Å². The van der Waals surface area contributed by atoms with Crippen molar-refractivity contribution < 1.29 is 14.3 Å². The largest absolute Gasteiger partial charge is 0.425 e. The molecule has 0 spiro atoms. The van der Waals surface area contributed by atoms with Crippen LogP contribution in [0.5, 0.6) is 0 Å². The van der Waals surface area contributed by atoms with Crippen LogP contribution in [0.1, 0.15) is 10.6 Å². The molecule has 2 aromatic rings. The lowest BCUT2D eigenvalue weighted by molar-refractivity contribution is -0.144. The molecule has 22 heavy (non-hydrogen) atoms. The second-order valence-corrected chi connectivity index (χ2v) is 6.71. The molecule has 110 valence electrons. The molecule has 1 aliphatic heterocycles. The van der Waals surface area contributed by atoms with Gasteiger partial charge in [0.05, 0.1) is 0 Å². The summed E-state index contributed by atoms with van der Waals surface area (Å²) in [5, 5.41) is 8.26. The molecule has 0 N–H and O–H groups in total. The number of hydrogen-bond acceptors (Lipinski definition) is 6. The summed E-state index contributed by atoms with van der Waals surface area (Å²) in [4.78, 5) is 24.2. The van der Waals surface area contributed by atoms with Gasteiger partial charge < -0.3 is 4.74 Å². The first-order valence-electron chi connectivity index (χ1n) is 6.33. The fourth-order valence-corrected chi connectivity index (χ4v) is 2.98. The second-order valence-electron chi connectivity index (χ2n) is 4.43. The molecule has 0 saturated carbocycles. The van der Waals surface area contributed by atoms with E-state index in [0.717, 1.165) is 0 Å². The minimum absolute atomic E-state index is 0.277. The quantitative estimate of drug-likeness (QED) is 0.607. The van der Waals surface area contributed by atoms with Gasteiger partial charge in [0.15, 0.2) is 9.70 Å². The molecular weight excluding hydrogens is 368 g/mol. The highest BCUT2D eigenvalue weighted by atomic mass is 79.9. The first kappa shape index (κ1) is 14.8. The number of ether oxygens (including phenoxy) is 1. The first-order chi connectivity index (χ1) is 10.6. The fraction of sp³-hybridized carbons (Fsp3) is 0.0667. The Morgan fingerprint density at radius 3 is 2.59 bits per heavy atom. The minimum atomic E-state index is -0.949. The Bertz CT molecular complexity index is 783. The van der Waals surface area contributed by atoms with E-state index in [0.29, 0.717) is 14.5 Å². The molecule has 1 aliphatic rings. The van der Waals surface area contributed by atoms with Crippen LogP contribution in [0.3, 0.4) is 0 Å². The SMILES string of the molecule is O=C1C=C(c2ccccc2)OC(=O)C1/C=C/c1nnc(Br)s1. The van der Waals surface area contributed by atoms with E-state index in [1.54, 1.807) is 18.2 Å². The zero-order chi connectivity index (χ0) is 15.5. The zero-order valence-electron chi connectivity index (χ0n) is 11.1. The van der Waals surface area contributed by atoms with E-state index in [-0.39, 0.29) is 11.5 Å². The molecule has 1 unspecified atom stereocenters. The van der Waals surface area contributed by atoms with E-state index >= 15 is 0 Å². The van der Waals surface area contributed by atoms with Crippen LogP contribution in [0.25, 0.3) is 11.8 Å². The summed E-state index contributed by atoms with van der Waals surface area (Å²) >= 11 is 4.50. The lowest BCUT2D eigenvalue weighted by atomic mass is 9.99. The summed E-state index contributed by atoms with van der Waals surface area (Å²) in [6.07, 6.45) is 4.42. The van der Waals surface area contributed by atoms with Gasteiger partial charge >= 0.3 is 5.97 Å². The van der Waals surface area contributed by atoms with Gasteiger partial charge in [-0.1, -0.05) is 47.7 Å². The molecule has 0 fully saturated rings. The average Bonchev–Trinajstić information content (AvgIpc) is 2.93. The molecule has 0 aliphatic carbocycles. The van der Waals surface area contributed by atoms with Gasteiger partial charge in [-0.2, -0.15) is 0 Å². The lowest BCUT2D eigenvalue weighted by Crippen LogP contribution is -2.27. The number of esters is 1. The number of rotatable bonds is 3. The smallest absolute Gasteiger partial charge is 0.326 e. The standard InChI is InChI=1S/C15H9BrN2O3S/c16-15-18-17-13(22-15)7-6-10-11(19)8-12(21-14(10)20)9-4-2-1-3-5-9/h1-8,10H/b7-6+. The van der Waals surface area contributed by atoms with E-state index in [2.05, 4.69) is 26.1 Å². The molecule has 0 bridgehead atoms. The van der Waals surface area contributed by atoms with Crippen LogP contribution in [0, 0.1) is 5.92 Å². The minimum Gasteiger partial charge on any atom is -0.425 e. The molecule has 5 nitrogen and oxygen atoms in total. The van der Waals surface area contributed by atoms with Crippen LogP contribution in [0.4, 0.5) is 0 Å². The summed E-state index contributed by atoms with van der Waals surface area (Å²) in [6.45, 7) is 0. The average molecular weight is 377 g/mol. The lowest BCUT2D eigenvalue weighted by Gasteiger charge is -2.17. The number of halogens is 1. The van der Waals surface area contributed by atoms with E-state index < -0.39 is 11.9 Å². The number of cyclic esters (lactones) is 1. The molecule has 3 rings (SSSR count). The summed E-state index contributed by atoms with van der Waals surface area (Å²) < 4.78 is 5.89. The van der Waals surface area contributed by atoms with Crippen molar-refractivity contribution in [2.24, 2.45) is 5.92 Å². The fourth-order valence-electron chi connectivity index (χ4n) is 1.92. The van der Waals surface area contributed by atoms with Crippen LogP contribution in [0.2, 0.25) is 0 Å². The van der Waals surface area contributed by atoms with Crippen molar-refractivity contribution >= 4 is 50.9 Å². The molecule has 1 atom stereocenters. The van der Waals surface area contributed by atoms with Gasteiger partial charge in [0.2, 0.25) is 0 Å². The Kier molecular flexibility index (Phi) is 4.26. The van der Waals surface area contributed by atoms with Gasteiger partial charge in [-0.3, -0.25) is 9.59 Å². The van der Waals surface area contributed by atoms with Crippen LogP contribution < -0.4 is 0 Å². The number of aromatic nitrogens is 2. The Labute approximate surface area is 138 Å². The van der Waals surface area contributed by atoms with Crippen LogP contribution >= 0.6 is 27.3 Å². The third kappa shape index (κ3) is 3.20. The van der Waals surface area contributed by atoms with Gasteiger partial charge in [0.1, 0.15) is 16.7 Å². The summed E-state index contributed by atoms with van der Waals surface area (Å²) in [5.74, 6) is -1.57. The predicted octanol–water partition coefficient (Wildman–Crippen LogP) is 3.10. The monoisotopic (exact) mass is 376 g/mol. The number of allylic oxidation sites excluding steroid dienone is 1. The summed E-state index contributed by atoms with van der Waals surface area (Å²) in [7, 11) is 0. The van der Waals surface area contributed by atoms with Gasteiger partial charge in [-0.05, 0) is 22.0 Å². The maximum atomic E-state index is 12.1. The maximum Gasteiger partial charge on any atom is 0.326 e. The number of ketones is 1. The van der Waals surface area contributed by atoms with Crippen LogP contribution in [-0.2, 0) is 14.3 Å². The van der Waals surface area contributed by atoms with Crippen LogP contribution in [0.15, 0.2) is 46.4 Å². The number of hydrogen-bond donors (Lipinski definition) is 0. The van der Waals surface area contributed by atoms with E-state index in [1.165, 1.54) is 23.5 Å². The Morgan fingerprint density at radius 2 is 1.95 bits per heavy atom. The van der Waals surface area contributed by atoms with Crippen molar-refractivity contribution in [1.82, 2.24) is 10.2 Å². The number of benzene rings is 1. The van der Waals surface area contributed by atoms with Gasteiger partial charge in [0.25, 0.3) is 0 Å². The van der Waals surface area contributed by atoms with E-state index in [4.69, 9.17) is 4.74 Å². The Morgan fingerprint density at radius 1 is 1.18 bits per heavy atom. The molecule has 2 heterocycles. The Hall–Kier alpha value is -2.12. The maximum absolute atomic E-state index is 12.1. The number of nitrogens with zero attached hydrogens (tertiary/aromatic N) is 2. The molecule has 1 aromatic heterocycles. The van der Waals surface area contributed by atoms with Crippen LogP contribution in [-0.4, -0.2) is 21.9 Å². The third-order valence-corrected chi connectivity index (χ3v) is 4.27. The topological polar surface area (TPSA) is 69.2 Å². The summed E-state index contributed by atoms with van der Waals surface area (Å²) in [6, 6.07) is 9.03. The zero-order valence-corrected chi connectivity index (χ0v) is 13.5. The number of carbonyl (C=O) groups excluding carboxylic acids is 2. The second kappa shape index (κ2) is 6.33. The molecule has 0 amide bonds. The van der Waals surface area contributed by atoms with Crippen molar-refractivity contribution in [2.75, 3.05) is 0 Å². The third-order valence-electron chi connectivity index (χ3n) is 2.95. The highest BCUT2D eigenvalue weighted by Gasteiger charge is 2.30. The van der Waals surface area contributed by atoms with Crippen molar-refractivity contribution in [3.63, 3.8) is 0 Å². The highest BCUT2D eigenvalue weighted by Crippen LogP contribution is 2.25. The van der Waals surface area contributed by atoms with Crippen molar-refractivity contribution in [2.45, 2.75) is 0 Å². The number of carbonyl (C=O) groups is 2. The van der Waals surface area contributed by atoms with E-state index in [1.807, 2.05) is 18.2 Å². The molecule has 0 radical (unpaired) electrons. The normalized spacial score (nSPS) is 18.4. The van der Waals surface area contributed by atoms with E-state index in [9.17, 15) is 9.59 Å². The predicted molar refractivity (Wildman–Crippen MR) is 85.7 cm³/mol. The van der Waals surface area contributed by atoms with Gasteiger partial charge in [-0.15, -0.1) is 10.2 Å². The highest BCUT2D eigenvalue weighted by molar-refractivity contribution is 9.11. The van der Waals surface area contributed by atoms with Crippen molar-refractivity contribution in [1.29, 1.82) is 0 Å². The molecule has 0 saturated heterocycles. The van der Waals surface area contributed by atoms with Crippen molar-refractivity contribution in [3.05, 3.63) is 57.0 Å². The summed E-state index contributed by atoms with van der Waals surface area (Å²) in [5.41, 5.74) is 0.694. The molecule has 1 aromatic carbocycles. The van der Waals surface area contributed by atoms with Gasteiger partial charge in [-0.25, -0.2) is 0 Å². The molecular formula is C15H9BrN2O3S. The van der Waals surface area contributed by atoms with Gasteiger partial charge in [0, 0.05) is 11.6 Å². The first-order valence-corrected chi connectivity index (χ1v) is 7.94. The Balaban J connectivity index is 1.81.